The third-order valence-electron chi connectivity index (χ3n) is 3.62. The minimum absolute atomic E-state index is 0.444. The Morgan fingerprint density at radius 3 is 2.83 bits per heavy atom. The van der Waals surface area contributed by atoms with Gasteiger partial charge in [0.15, 0.2) is 0 Å². The molecule has 100 valence electrons. The molecule has 4 heteroatoms. The smallest absolute Gasteiger partial charge is 0.345 e. The zero-order valence-electron chi connectivity index (χ0n) is 11.0. The first-order valence-corrected chi connectivity index (χ1v) is 7.47. The van der Waals surface area contributed by atoms with Crippen molar-refractivity contribution >= 4 is 17.3 Å². The van der Waals surface area contributed by atoms with Crippen LogP contribution in [0.5, 0.6) is 0 Å². The molecular formula is C14H21NO2S. The van der Waals surface area contributed by atoms with Crippen LogP contribution in [0.3, 0.4) is 0 Å². The van der Waals surface area contributed by atoms with E-state index in [1.165, 1.54) is 30.6 Å². The van der Waals surface area contributed by atoms with Gasteiger partial charge < -0.3 is 10.4 Å². The van der Waals surface area contributed by atoms with Gasteiger partial charge in [-0.1, -0.05) is 19.8 Å². The maximum Gasteiger partial charge on any atom is 0.345 e. The summed E-state index contributed by atoms with van der Waals surface area (Å²) in [6.45, 7) is 5.00. The zero-order valence-corrected chi connectivity index (χ0v) is 11.8. The number of nitrogens with one attached hydrogen (secondary N) is 1. The number of hydrogen-bond donors (Lipinski definition) is 2. The maximum atomic E-state index is 10.9. The van der Waals surface area contributed by atoms with Gasteiger partial charge in [0.2, 0.25) is 0 Å². The molecule has 1 unspecified atom stereocenters. The first-order chi connectivity index (χ1) is 8.60. The molecule has 0 spiro atoms. The van der Waals surface area contributed by atoms with Crippen molar-refractivity contribution in [1.29, 1.82) is 0 Å². The van der Waals surface area contributed by atoms with Gasteiger partial charge in [-0.05, 0) is 37.3 Å². The number of aromatic carboxylic acids is 1. The average molecular weight is 267 g/mol. The van der Waals surface area contributed by atoms with E-state index in [1.807, 2.05) is 6.92 Å². The lowest BCUT2D eigenvalue weighted by Gasteiger charge is -2.16. The van der Waals surface area contributed by atoms with Crippen LogP contribution in [-0.4, -0.2) is 17.1 Å². The summed E-state index contributed by atoms with van der Waals surface area (Å²) in [5.74, 6) is 0.111. The van der Waals surface area contributed by atoms with Crippen molar-refractivity contribution in [2.75, 3.05) is 0 Å². The van der Waals surface area contributed by atoms with Crippen LogP contribution in [0.1, 0.15) is 52.7 Å². The Kier molecular flexibility index (Phi) is 4.40. The van der Waals surface area contributed by atoms with E-state index in [1.54, 1.807) is 6.07 Å². The molecule has 1 aliphatic carbocycles. The second kappa shape index (κ2) is 5.85. The van der Waals surface area contributed by atoms with Crippen LogP contribution < -0.4 is 5.32 Å². The van der Waals surface area contributed by atoms with E-state index in [-0.39, 0.29) is 0 Å². The molecule has 1 saturated carbocycles. The summed E-state index contributed by atoms with van der Waals surface area (Å²) in [5, 5.41) is 12.5. The van der Waals surface area contributed by atoms with Gasteiger partial charge in [-0.3, -0.25) is 0 Å². The Morgan fingerprint density at radius 1 is 1.61 bits per heavy atom. The van der Waals surface area contributed by atoms with Crippen molar-refractivity contribution in [1.82, 2.24) is 5.32 Å². The Hall–Kier alpha value is -0.870. The molecule has 2 rings (SSSR count). The molecule has 3 nitrogen and oxygen atoms in total. The largest absolute Gasteiger partial charge is 0.477 e. The monoisotopic (exact) mass is 267 g/mol. The molecule has 1 heterocycles. The molecule has 1 aromatic heterocycles. The molecule has 2 N–H and O–H groups in total. The summed E-state index contributed by atoms with van der Waals surface area (Å²) in [7, 11) is 0. The molecule has 0 radical (unpaired) electrons. The van der Waals surface area contributed by atoms with E-state index in [2.05, 4.69) is 12.2 Å². The van der Waals surface area contributed by atoms with Crippen LogP contribution in [0, 0.1) is 12.8 Å². The number of aryl methyl sites for hydroxylation is 1. The van der Waals surface area contributed by atoms with Crippen molar-refractivity contribution in [2.24, 2.45) is 5.92 Å². The summed E-state index contributed by atoms with van der Waals surface area (Å²) in [4.78, 5) is 12.5. The lowest BCUT2D eigenvalue weighted by molar-refractivity contribution is 0.0702. The van der Waals surface area contributed by atoms with E-state index in [0.717, 1.165) is 29.3 Å². The quantitative estimate of drug-likeness (QED) is 0.796. The van der Waals surface area contributed by atoms with Crippen molar-refractivity contribution in [3.63, 3.8) is 0 Å². The molecule has 0 saturated heterocycles. The fourth-order valence-electron chi connectivity index (χ4n) is 2.21. The molecule has 1 aromatic rings. The highest BCUT2D eigenvalue weighted by atomic mass is 32.1. The fourth-order valence-corrected chi connectivity index (χ4v) is 3.09. The van der Waals surface area contributed by atoms with Crippen LogP contribution in [0.2, 0.25) is 0 Å². The van der Waals surface area contributed by atoms with Gasteiger partial charge in [-0.15, -0.1) is 11.3 Å². The van der Waals surface area contributed by atoms with Crippen molar-refractivity contribution in [2.45, 2.75) is 52.1 Å². The van der Waals surface area contributed by atoms with Gasteiger partial charge in [-0.25, -0.2) is 4.79 Å². The van der Waals surface area contributed by atoms with Crippen LogP contribution in [0.4, 0.5) is 0 Å². The molecule has 0 aromatic carbocycles. The topological polar surface area (TPSA) is 49.3 Å². The van der Waals surface area contributed by atoms with E-state index in [4.69, 9.17) is 5.11 Å². The van der Waals surface area contributed by atoms with Gasteiger partial charge in [0.05, 0.1) is 0 Å². The standard InChI is InChI=1S/C14H21NO2S/c1-3-12(6-10-4-5-10)15-8-11-7-13(14(16)17)18-9(11)2/h7,10,12,15H,3-6,8H2,1-2H3,(H,16,17). The Bertz CT molecular complexity index is 423. The highest BCUT2D eigenvalue weighted by molar-refractivity contribution is 7.14. The van der Waals surface area contributed by atoms with E-state index < -0.39 is 5.97 Å². The predicted molar refractivity (Wildman–Crippen MR) is 74.3 cm³/mol. The Balaban J connectivity index is 1.89. The number of hydrogen-bond acceptors (Lipinski definition) is 3. The molecule has 18 heavy (non-hydrogen) atoms. The number of thiophene rings is 1. The van der Waals surface area contributed by atoms with Crippen molar-refractivity contribution < 1.29 is 9.90 Å². The van der Waals surface area contributed by atoms with Gasteiger partial charge in [0, 0.05) is 17.5 Å². The van der Waals surface area contributed by atoms with E-state index >= 15 is 0 Å². The number of carboxylic acid groups (broad SMARTS) is 1. The van der Waals surface area contributed by atoms with Crippen molar-refractivity contribution in [3.8, 4) is 0 Å². The van der Waals surface area contributed by atoms with Gasteiger partial charge >= 0.3 is 5.97 Å². The summed E-state index contributed by atoms with van der Waals surface area (Å²) in [5.41, 5.74) is 1.13. The zero-order chi connectivity index (χ0) is 13.1. The SMILES string of the molecule is CCC(CC1CC1)NCc1cc(C(=O)O)sc1C. The minimum atomic E-state index is -0.820. The van der Waals surface area contributed by atoms with Crippen LogP contribution in [-0.2, 0) is 6.54 Å². The van der Waals surface area contributed by atoms with Crippen molar-refractivity contribution in [3.05, 3.63) is 21.4 Å². The minimum Gasteiger partial charge on any atom is -0.477 e. The average Bonchev–Trinajstić information content (AvgIpc) is 3.07. The summed E-state index contributed by atoms with van der Waals surface area (Å²) < 4.78 is 0. The highest BCUT2D eigenvalue weighted by Gasteiger charge is 2.24. The molecule has 0 aliphatic heterocycles. The normalized spacial score (nSPS) is 16.8. The number of carbonyl (C=O) groups is 1. The lowest BCUT2D eigenvalue weighted by Crippen LogP contribution is -2.28. The first kappa shape index (κ1) is 13.6. The van der Waals surface area contributed by atoms with E-state index in [9.17, 15) is 4.79 Å². The molecule has 0 amide bonds. The number of carboxylic acids is 1. The third kappa shape index (κ3) is 3.56. The number of rotatable bonds is 7. The van der Waals surface area contributed by atoms with Gasteiger partial charge in [0.25, 0.3) is 0 Å². The van der Waals surface area contributed by atoms with Crippen LogP contribution in [0.25, 0.3) is 0 Å². The molecule has 1 fully saturated rings. The Morgan fingerprint density at radius 2 is 2.33 bits per heavy atom. The summed E-state index contributed by atoms with van der Waals surface area (Å²) >= 11 is 1.37. The second-order valence-electron chi connectivity index (χ2n) is 5.16. The van der Waals surface area contributed by atoms with Gasteiger partial charge in [-0.2, -0.15) is 0 Å². The van der Waals surface area contributed by atoms with Crippen LogP contribution in [0.15, 0.2) is 6.07 Å². The Labute approximate surface area is 112 Å². The highest BCUT2D eigenvalue weighted by Crippen LogP contribution is 2.34. The third-order valence-corrected chi connectivity index (χ3v) is 4.70. The van der Waals surface area contributed by atoms with Crippen LogP contribution >= 0.6 is 11.3 Å². The predicted octanol–water partition coefficient (Wildman–Crippen LogP) is 3.42. The lowest BCUT2D eigenvalue weighted by atomic mass is 10.1. The maximum absolute atomic E-state index is 10.9. The molecule has 1 atom stereocenters. The fraction of sp³-hybridized carbons (Fsp3) is 0.643. The summed E-state index contributed by atoms with van der Waals surface area (Å²) in [6.07, 6.45) is 5.19. The van der Waals surface area contributed by atoms with Gasteiger partial charge in [0.1, 0.15) is 4.88 Å². The summed E-state index contributed by atoms with van der Waals surface area (Å²) in [6, 6.07) is 2.38. The molecule has 1 aliphatic rings. The second-order valence-corrected chi connectivity index (χ2v) is 6.42. The first-order valence-electron chi connectivity index (χ1n) is 6.66. The van der Waals surface area contributed by atoms with E-state index in [0.29, 0.717) is 10.9 Å². The molecule has 0 bridgehead atoms. The molecular weight excluding hydrogens is 246 g/mol.